The molecule has 0 fully saturated rings. The molecule has 0 unspecified atom stereocenters. The van der Waals surface area contributed by atoms with Crippen molar-refractivity contribution in [3.05, 3.63) is 74.8 Å². The van der Waals surface area contributed by atoms with Gasteiger partial charge < -0.3 is 5.32 Å². The molecule has 0 amide bonds. The molecule has 0 saturated heterocycles. The largest absolute Gasteiger partial charge is 0.342 e. The molecule has 0 aliphatic heterocycles. The van der Waals surface area contributed by atoms with E-state index in [1.54, 1.807) is 18.2 Å². The topological polar surface area (TPSA) is 59.8 Å². The Labute approximate surface area is 122 Å². The SMILES string of the molecule is O=[N+]([O-])c1ccccc1C[NH2+]CCc1ccc(Cl)cc1. The van der Waals surface area contributed by atoms with Crippen molar-refractivity contribution in [3.63, 3.8) is 0 Å². The van der Waals surface area contributed by atoms with Crippen molar-refractivity contribution in [1.82, 2.24) is 0 Å². The number of nitro benzene ring substituents is 1. The van der Waals surface area contributed by atoms with Gasteiger partial charge in [0.25, 0.3) is 5.69 Å². The maximum absolute atomic E-state index is 10.9. The summed E-state index contributed by atoms with van der Waals surface area (Å²) in [6.07, 6.45) is 0.914. The number of hydrogen-bond acceptors (Lipinski definition) is 2. The molecule has 20 heavy (non-hydrogen) atoms. The third kappa shape index (κ3) is 4.05. The molecule has 0 radical (unpaired) electrons. The van der Waals surface area contributed by atoms with Crippen LogP contribution in [0.2, 0.25) is 5.02 Å². The van der Waals surface area contributed by atoms with Crippen LogP contribution in [0, 0.1) is 10.1 Å². The fraction of sp³-hybridized carbons (Fsp3) is 0.200. The Bertz CT molecular complexity index is 585. The van der Waals surface area contributed by atoms with E-state index in [-0.39, 0.29) is 10.6 Å². The van der Waals surface area contributed by atoms with Crippen molar-refractivity contribution < 1.29 is 10.2 Å². The molecule has 2 aromatic rings. The molecule has 0 aliphatic rings. The van der Waals surface area contributed by atoms with Gasteiger partial charge in [-0.2, -0.15) is 0 Å². The number of para-hydroxylation sites is 1. The molecule has 2 aromatic carbocycles. The molecule has 4 nitrogen and oxygen atoms in total. The van der Waals surface area contributed by atoms with E-state index in [0.717, 1.165) is 23.6 Å². The highest BCUT2D eigenvalue weighted by atomic mass is 35.5. The third-order valence-corrected chi connectivity index (χ3v) is 3.35. The first-order valence-corrected chi connectivity index (χ1v) is 6.83. The molecule has 0 spiro atoms. The lowest BCUT2D eigenvalue weighted by atomic mass is 10.1. The van der Waals surface area contributed by atoms with E-state index in [9.17, 15) is 10.1 Å². The van der Waals surface area contributed by atoms with Crippen LogP contribution >= 0.6 is 11.6 Å². The zero-order valence-corrected chi connectivity index (χ0v) is 11.7. The van der Waals surface area contributed by atoms with Crippen LogP contribution in [0.15, 0.2) is 48.5 Å². The summed E-state index contributed by atoms with van der Waals surface area (Å²) in [5.41, 5.74) is 2.16. The van der Waals surface area contributed by atoms with E-state index >= 15 is 0 Å². The van der Waals surface area contributed by atoms with Crippen LogP contribution in [0.3, 0.4) is 0 Å². The van der Waals surface area contributed by atoms with Crippen LogP contribution < -0.4 is 5.32 Å². The highest BCUT2D eigenvalue weighted by Crippen LogP contribution is 2.16. The Morgan fingerprint density at radius 2 is 1.80 bits per heavy atom. The van der Waals surface area contributed by atoms with Gasteiger partial charge in [-0.1, -0.05) is 35.9 Å². The van der Waals surface area contributed by atoms with Gasteiger partial charge in [0, 0.05) is 17.5 Å². The van der Waals surface area contributed by atoms with Gasteiger partial charge in [0.1, 0.15) is 6.54 Å². The summed E-state index contributed by atoms with van der Waals surface area (Å²) in [5, 5.41) is 13.7. The quantitative estimate of drug-likeness (QED) is 0.505. The lowest BCUT2D eigenvalue weighted by Gasteiger charge is -2.03. The first-order valence-electron chi connectivity index (χ1n) is 6.45. The molecule has 0 aromatic heterocycles. The van der Waals surface area contributed by atoms with E-state index in [4.69, 9.17) is 11.6 Å². The van der Waals surface area contributed by atoms with Gasteiger partial charge in [-0.3, -0.25) is 10.1 Å². The van der Waals surface area contributed by atoms with E-state index < -0.39 is 0 Å². The van der Waals surface area contributed by atoms with Crippen LogP contribution in [0.5, 0.6) is 0 Å². The van der Waals surface area contributed by atoms with E-state index in [0.29, 0.717) is 6.54 Å². The smallest absolute Gasteiger partial charge is 0.278 e. The second-order valence-corrected chi connectivity index (χ2v) is 4.98. The number of benzene rings is 2. The van der Waals surface area contributed by atoms with Crippen molar-refractivity contribution in [2.45, 2.75) is 13.0 Å². The normalized spacial score (nSPS) is 10.4. The van der Waals surface area contributed by atoms with Crippen molar-refractivity contribution >= 4 is 17.3 Å². The van der Waals surface area contributed by atoms with Crippen LogP contribution in [0.4, 0.5) is 5.69 Å². The average Bonchev–Trinajstić information content (AvgIpc) is 2.46. The molecule has 2 N–H and O–H groups in total. The van der Waals surface area contributed by atoms with Crippen molar-refractivity contribution in [2.75, 3.05) is 6.54 Å². The summed E-state index contributed by atoms with van der Waals surface area (Å²) in [4.78, 5) is 10.6. The summed E-state index contributed by atoms with van der Waals surface area (Å²) in [6, 6.07) is 14.6. The number of hydrogen-bond donors (Lipinski definition) is 1. The monoisotopic (exact) mass is 291 g/mol. The van der Waals surface area contributed by atoms with Gasteiger partial charge in [-0.05, 0) is 23.8 Å². The lowest BCUT2D eigenvalue weighted by Crippen LogP contribution is -2.83. The van der Waals surface area contributed by atoms with Crippen LogP contribution in [-0.2, 0) is 13.0 Å². The van der Waals surface area contributed by atoms with E-state index in [1.165, 1.54) is 5.56 Å². The third-order valence-electron chi connectivity index (χ3n) is 3.10. The molecule has 0 aliphatic carbocycles. The zero-order valence-electron chi connectivity index (χ0n) is 11.0. The summed E-state index contributed by atoms with van der Waals surface area (Å²) >= 11 is 5.83. The van der Waals surface area contributed by atoms with Crippen molar-refractivity contribution in [1.29, 1.82) is 0 Å². The predicted molar refractivity (Wildman–Crippen MR) is 78.7 cm³/mol. The van der Waals surface area contributed by atoms with Gasteiger partial charge in [-0.15, -0.1) is 0 Å². The molecule has 0 saturated carbocycles. The standard InChI is InChI=1S/C15H15ClN2O2/c16-14-7-5-12(6-8-14)9-10-17-11-13-3-1-2-4-15(13)18(19)20/h1-8,17H,9-11H2/p+1. The maximum Gasteiger partial charge on any atom is 0.278 e. The number of rotatable bonds is 6. The van der Waals surface area contributed by atoms with Gasteiger partial charge in [-0.25, -0.2) is 0 Å². The van der Waals surface area contributed by atoms with Crippen molar-refractivity contribution in [2.24, 2.45) is 0 Å². The highest BCUT2D eigenvalue weighted by molar-refractivity contribution is 6.30. The molecule has 5 heteroatoms. The molecule has 0 atom stereocenters. The highest BCUT2D eigenvalue weighted by Gasteiger charge is 2.12. The molecule has 0 bridgehead atoms. The van der Waals surface area contributed by atoms with Gasteiger partial charge in [0.2, 0.25) is 0 Å². The van der Waals surface area contributed by atoms with Crippen LogP contribution in [-0.4, -0.2) is 11.5 Å². The minimum Gasteiger partial charge on any atom is -0.342 e. The minimum atomic E-state index is -0.331. The molecular weight excluding hydrogens is 276 g/mol. The Hall–Kier alpha value is -1.91. The van der Waals surface area contributed by atoms with Gasteiger partial charge >= 0.3 is 0 Å². The number of halogens is 1. The number of nitro groups is 1. The van der Waals surface area contributed by atoms with Gasteiger partial charge in [0.05, 0.1) is 17.0 Å². The predicted octanol–water partition coefficient (Wildman–Crippen LogP) is 2.55. The fourth-order valence-electron chi connectivity index (χ4n) is 2.04. The molecule has 104 valence electrons. The summed E-state index contributed by atoms with van der Waals surface area (Å²) < 4.78 is 0. The fourth-order valence-corrected chi connectivity index (χ4v) is 2.16. The van der Waals surface area contributed by atoms with E-state index in [1.807, 2.05) is 30.3 Å². The number of quaternary nitrogens is 1. The summed E-state index contributed by atoms with van der Waals surface area (Å²) in [7, 11) is 0. The van der Waals surface area contributed by atoms with Gasteiger partial charge in [0.15, 0.2) is 0 Å². The molecular formula is C15H16ClN2O2+. The first-order chi connectivity index (χ1) is 9.66. The Morgan fingerprint density at radius 1 is 1.10 bits per heavy atom. The lowest BCUT2D eigenvalue weighted by molar-refractivity contribution is -0.670. The second-order valence-electron chi connectivity index (χ2n) is 4.54. The summed E-state index contributed by atoms with van der Waals surface area (Å²) in [5.74, 6) is 0. The average molecular weight is 292 g/mol. The maximum atomic E-state index is 10.9. The van der Waals surface area contributed by atoms with Crippen LogP contribution in [0.1, 0.15) is 11.1 Å². The minimum absolute atomic E-state index is 0.190. The van der Waals surface area contributed by atoms with Crippen molar-refractivity contribution in [3.8, 4) is 0 Å². The Kier molecular flexibility index (Phi) is 5.09. The Balaban J connectivity index is 1.84. The first kappa shape index (κ1) is 14.5. The zero-order chi connectivity index (χ0) is 14.4. The second kappa shape index (κ2) is 7.03. The molecule has 2 rings (SSSR count). The Morgan fingerprint density at radius 3 is 2.50 bits per heavy atom. The number of nitrogens with two attached hydrogens (primary N) is 1. The van der Waals surface area contributed by atoms with Crippen LogP contribution in [0.25, 0.3) is 0 Å². The number of nitrogens with zero attached hydrogens (tertiary/aromatic N) is 1. The van der Waals surface area contributed by atoms with E-state index in [2.05, 4.69) is 5.32 Å². The summed E-state index contributed by atoms with van der Waals surface area (Å²) in [6.45, 7) is 1.50. The molecule has 0 heterocycles.